The molecule has 2 heterocycles. The van der Waals surface area contributed by atoms with Crippen molar-refractivity contribution in [3.8, 4) is 0 Å². The van der Waals surface area contributed by atoms with Crippen LogP contribution in [0.3, 0.4) is 0 Å². The van der Waals surface area contributed by atoms with Crippen molar-refractivity contribution in [3.05, 3.63) is 46.8 Å². The maximum atomic E-state index is 12.5. The van der Waals surface area contributed by atoms with Crippen LogP contribution in [0.1, 0.15) is 23.8 Å². The van der Waals surface area contributed by atoms with Gasteiger partial charge in [0.15, 0.2) is 0 Å². The summed E-state index contributed by atoms with van der Waals surface area (Å²) < 4.78 is 27.9. The summed E-state index contributed by atoms with van der Waals surface area (Å²) in [5, 5.41) is 0. The number of carbonyl (C=O) groups is 1. The summed E-state index contributed by atoms with van der Waals surface area (Å²) in [7, 11) is -3.59. The number of nitrogens with one attached hydrogen (secondary N) is 1. The molecule has 7 heteroatoms. The maximum Gasteiger partial charge on any atom is 0.271 e. The van der Waals surface area contributed by atoms with Crippen LogP contribution in [-0.4, -0.2) is 25.8 Å². The molecule has 0 saturated heterocycles. The van der Waals surface area contributed by atoms with Gasteiger partial charge in [-0.3, -0.25) is 9.52 Å². The molecule has 122 valence electrons. The molecule has 1 aliphatic heterocycles. The number of hydrogen-bond acceptors (Lipinski definition) is 4. The van der Waals surface area contributed by atoms with Crippen LogP contribution in [0.5, 0.6) is 0 Å². The van der Waals surface area contributed by atoms with Gasteiger partial charge in [0.2, 0.25) is 5.91 Å². The van der Waals surface area contributed by atoms with E-state index < -0.39 is 10.0 Å². The van der Waals surface area contributed by atoms with E-state index in [1.54, 1.807) is 35.2 Å². The van der Waals surface area contributed by atoms with Crippen LogP contribution in [-0.2, 0) is 27.8 Å². The quantitative estimate of drug-likeness (QED) is 0.922. The van der Waals surface area contributed by atoms with Gasteiger partial charge < -0.3 is 4.90 Å². The first-order chi connectivity index (χ1) is 11.0. The van der Waals surface area contributed by atoms with Gasteiger partial charge in [-0.05, 0) is 30.2 Å². The molecule has 23 heavy (non-hydrogen) atoms. The minimum atomic E-state index is -3.59. The normalized spacial score (nSPS) is 14.4. The van der Waals surface area contributed by atoms with E-state index in [1.807, 2.05) is 13.0 Å². The summed E-state index contributed by atoms with van der Waals surface area (Å²) >= 11 is 1.29. The highest BCUT2D eigenvalue weighted by atomic mass is 32.2. The molecule has 1 amide bonds. The zero-order valence-corrected chi connectivity index (χ0v) is 14.4. The Morgan fingerprint density at radius 2 is 2.04 bits per heavy atom. The number of hydrogen-bond donors (Lipinski definition) is 1. The van der Waals surface area contributed by atoms with Gasteiger partial charge >= 0.3 is 0 Å². The number of carbonyl (C=O) groups excluding carboxylic acids is 1. The molecule has 2 aromatic rings. The van der Waals surface area contributed by atoms with E-state index in [-0.39, 0.29) is 5.91 Å². The van der Waals surface area contributed by atoms with Crippen molar-refractivity contribution >= 4 is 33.0 Å². The van der Waals surface area contributed by atoms with Crippen molar-refractivity contribution in [1.29, 1.82) is 0 Å². The fourth-order valence-electron chi connectivity index (χ4n) is 2.59. The molecule has 0 fully saturated rings. The van der Waals surface area contributed by atoms with Gasteiger partial charge in [-0.2, -0.15) is 0 Å². The topological polar surface area (TPSA) is 66.5 Å². The lowest BCUT2D eigenvalue weighted by atomic mass is 10.1. The summed E-state index contributed by atoms with van der Waals surface area (Å²) in [6, 6.07) is 10.5. The molecule has 1 aromatic carbocycles. The lowest BCUT2D eigenvalue weighted by molar-refractivity contribution is -0.131. The predicted molar refractivity (Wildman–Crippen MR) is 91.0 cm³/mol. The number of amides is 1. The van der Waals surface area contributed by atoms with Crippen molar-refractivity contribution in [3.63, 3.8) is 0 Å². The number of nitrogens with zero attached hydrogens (tertiary/aromatic N) is 1. The Labute approximate surface area is 140 Å². The van der Waals surface area contributed by atoms with Crippen LogP contribution in [0.25, 0.3) is 0 Å². The molecule has 1 aliphatic rings. The molecule has 0 radical (unpaired) electrons. The third kappa shape index (κ3) is 3.40. The van der Waals surface area contributed by atoms with E-state index in [1.165, 1.54) is 11.3 Å². The Balaban J connectivity index is 1.83. The van der Waals surface area contributed by atoms with Crippen molar-refractivity contribution in [1.82, 2.24) is 4.90 Å². The third-order valence-electron chi connectivity index (χ3n) is 3.79. The molecule has 0 bridgehead atoms. The smallest absolute Gasteiger partial charge is 0.271 e. The molecule has 0 saturated carbocycles. The molecule has 0 spiro atoms. The first-order valence-electron chi connectivity index (χ1n) is 7.47. The minimum Gasteiger partial charge on any atom is -0.338 e. The van der Waals surface area contributed by atoms with Crippen molar-refractivity contribution < 1.29 is 13.2 Å². The second kappa shape index (κ2) is 6.33. The molecule has 0 unspecified atom stereocenters. The van der Waals surface area contributed by atoms with E-state index in [0.717, 1.165) is 10.4 Å². The van der Waals surface area contributed by atoms with Crippen LogP contribution in [0.2, 0.25) is 0 Å². The zero-order valence-electron chi connectivity index (χ0n) is 12.8. The van der Waals surface area contributed by atoms with Crippen LogP contribution in [0.15, 0.2) is 40.6 Å². The largest absolute Gasteiger partial charge is 0.338 e. The number of anilines is 1. The average molecular weight is 350 g/mol. The minimum absolute atomic E-state index is 0.105. The fourth-order valence-corrected chi connectivity index (χ4v) is 5.19. The van der Waals surface area contributed by atoms with Gasteiger partial charge in [0.1, 0.15) is 4.21 Å². The standard InChI is InChI=1S/C16H18N2O3S2/c1-2-15(19)18-9-8-14-12(11-18)10-16(22-14)23(20,21)17-13-6-4-3-5-7-13/h3-7,10,17H,2,8-9,11H2,1H3. The van der Waals surface area contributed by atoms with E-state index in [9.17, 15) is 13.2 Å². The second-order valence-electron chi connectivity index (χ2n) is 5.40. The summed E-state index contributed by atoms with van der Waals surface area (Å²) in [5.74, 6) is 0.105. The van der Waals surface area contributed by atoms with Gasteiger partial charge in [-0.15, -0.1) is 11.3 Å². The number of sulfonamides is 1. The van der Waals surface area contributed by atoms with E-state index in [2.05, 4.69) is 4.72 Å². The zero-order chi connectivity index (χ0) is 16.4. The molecule has 0 aliphatic carbocycles. The summed E-state index contributed by atoms with van der Waals surface area (Å²) in [4.78, 5) is 14.7. The molecular weight excluding hydrogens is 332 g/mol. The van der Waals surface area contributed by atoms with Crippen LogP contribution in [0, 0.1) is 0 Å². The Morgan fingerprint density at radius 3 is 2.74 bits per heavy atom. The monoisotopic (exact) mass is 350 g/mol. The Hall–Kier alpha value is -1.86. The Bertz CT molecular complexity index is 813. The van der Waals surface area contributed by atoms with Gasteiger partial charge in [0.25, 0.3) is 10.0 Å². The molecule has 3 rings (SSSR count). The predicted octanol–water partition coefficient (Wildman–Crippen LogP) is 2.84. The highest BCUT2D eigenvalue weighted by Gasteiger charge is 2.25. The first-order valence-corrected chi connectivity index (χ1v) is 9.77. The van der Waals surface area contributed by atoms with E-state index in [4.69, 9.17) is 0 Å². The number of para-hydroxylation sites is 1. The maximum absolute atomic E-state index is 12.5. The van der Waals surface area contributed by atoms with Crippen molar-refractivity contribution in [2.45, 2.75) is 30.5 Å². The molecule has 1 N–H and O–H groups in total. The SMILES string of the molecule is CCC(=O)N1CCc2sc(S(=O)(=O)Nc3ccccc3)cc2C1. The molecular formula is C16H18N2O3S2. The third-order valence-corrected chi connectivity index (χ3v) is 6.88. The lowest BCUT2D eigenvalue weighted by Crippen LogP contribution is -2.34. The van der Waals surface area contributed by atoms with E-state index >= 15 is 0 Å². The highest BCUT2D eigenvalue weighted by Crippen LogP contribution is 2.32. The van der Waals surface area contributed by atoms with Gasteiger partial charge in [0, 0.05) is 30.1 Å². The molecule has 0 atom stereocenters. The average Bonchev–Trinajstić information content (AvgIpc) is 2.98. The second-order valence-corrected chi connectivity index (χ2v) is 8.45. The summed E-state index contributed by atoms with van der Waals surface area (Å²) in [6.07, 6.45) is 1.19. The van der Waals surface area contributed by atoms with Gasteiger partial charge in [0.05, 0.1) is 0 Å². The fraction of sp³-hybridized carbons (Fsp3) is 0.312. The number of rotatable bonds is 4. The highest BCUT2D eigenvalue weighted by molar-refractivity contribution is 7.94. The lowest BCUT2D eigenvalue weighted by Gasteiger charge is -2.26. The summed E-state index contributed by atoms with van der Waals surface area (Å²) in [6.45, 7) is 3.00. The van der Waals surface area contributed by atoms with Gasteiger partial charge in [-0.25, -0.2) is 8.42 Å². The Kier molecular flexibility index (Phi) is 4.41. The summed E-state index contributed by atoms with van der Waals surface area (Å²) in [5.41, 5.74) is 1.48. The number of benzene rings is 1. The van der Waals surface area contributed by atoms with Gasteiger partial charge in [-0.1, -0.05) is 25.1 Å². The van der Waals surface area contributed by atoms with Crippen molar-refractivity contribution in [2.75, 3.05) is 11.3 Å². The van der Waals surface area contributed by atoms with E-state index in [0.29, 0.717) is 35.8 Å². The number of thiophene rings is 1. The van der Waals surface area contributed by atoms with Crippen LogP contribution >= 0.6 is 11.3 Å². The van der Waals surface area contributed by atoms with Crippen LogP contribution in [0.4, 0.5) is 5.69 Å². The Morgan fingerprint density at radius 1 is 1.30 bits per heavy atom. The molecule has 5 nitrogen and oxygen atoms in total. The molecule has 1 aromatic heterocycles. The van der Waals surface area contributed by atoms with Crippen molar-refractivity contribution in [2.24, 2.45) is 0 Å². The van der Waals surface area contributed by atoms with Crippen LogP contribution < -0.4 is 4.72 Å². The number of fused-ring (bicyclic) bond motifs is 1. The first kappa shape index (κ1) is 16.0.